The topological polar surface area (TPSA) is 65.2 Å². The summed E-state index contributed by atoms with van der Waals surface area (Å²) in [6, 6.07) is 2.98. The molecule has 98 valence electrons. The molecule has 0 spiro atoms. The Labute approximate surface area is 106 Å². The predicted octanol–water partition coefficient (Wildman–Crippen LogP) is 0.447. The summed E-state index contributed by atoms with van der Waals surface area (Å²) >= 11 is 0. The molecule has 1 aromatic heterocycles. The van der Waals surface area contributed by atoms with Crippen LogP contribution in [0.15, 0.2) is 23.1 Å². The van der Waals surface area contributed by atoms with E-state index in [0.29, 0.717) is 11.5 Å². The van der Waals surface area contributed by atoms with E-state index >= 15 is 0 Å². The first-order valence-electron chi connectivity index (χ1n) is 6.33. The molecule has 1 aromatic rings. The number of amides is 1. The first-order valence-corrected chi connectivity index (χ1v) is 6.33. The fourth-order valence-electron chi connectivity index (χ4n) is 2.43. The molecule has 1 unspecified atom stereocenters. The average molecular weight is 249 g/mol. The number of hydrogen-bond donors (Lipinski definition) is 2. The largest absolute Gasteiger partial charge is 0.338 e. The highest BCUT2D eigenvalue weighted by atomic mass is 16.2. The number of carbonyl (C=O) groups is 1. The minimum atomic E-state index is -0.182. The van der Waals surface area contributed by atoms with Crippen LogP contribution in [-0.2, 0) is 0 Å². The summed E-state index contributed by atoms with van der Waals surface area (Å²) in [4.78, 5) is 27.6. The number of piperidine rings is 1. The Kier molecular flexibility index (Phi) is 4.15. The molecular formula is C13H19N3O2. The fourth-order valence-corrected chi connectivity index (χ4v) is 2.43. The number of carbonyl (C=O) groups excluding carboxylic acids is 1. The normalized spacial score (nSPS) is 19.8. The van der Waals surface area contributed by atoms with Crippen LogP contribution in [0, 0.1) is 5.92 Å². The van der Waals surface area contributed by atoms with Gasteiger partial charge in [-0.1, -0.05) is 0 Å². The van der Waals surface area contributed by atoms with Crippen molar-refractivity contribution in [1.29, 1.82) is 0 Å². The van der Waals surface area contributed by atoms with E-state index in [-0.39, 0.29) is 11.5 Å². The van der Waals surface area contributed by atoms with E-state index in [4.69, 9.17) is 0 Å². The number of H-pyrrole nitrogens is 1. The molecule has 5 nitrogen and oxygen atoms in total. The molecule has 1 amide bonds. The summed E-state index contributed by atoms with van der Waals surface area (Å²) in [5.41, 5.74) is 0.373. The van der Waals surface area contributed by atoms with Gasteiger partial charge in [-0.05, 0) is 38.4 Å². The lowest BCUT2D eigenvalue weighted by molar-refractivity contribution is 0.0674. The van der Waals surface area contributed by atoms with E-state index in [0.717, 1.165) is 32.5 Å². The van der Waals surface area contributed by atoms with Gasteiger partial charge < -0.3 is 15.2 Å². The number of aromatic nitrogens is 1. The lowest BCUT2D eigenvalue weighted by Crippen LogP contribution is -2.42. The van der Waals surface area contributed by atoms with Gasteiger partial charge in [0.05, 0.1) is 5.56 Å². The van der Waals surface area contributed by atoms with Crippen molar-refractivity contribution in [2.45, 2.75) is 12.8 Å². The third kappa shape index (κ3) is 2.98. The van der Waals surface area contributed by atoms with E-state index in [2.05, 4.69) is 10.3 Å². The molecule has 2 heterocycles. The number of aromatic amines is 1. The minimum Gasteiger partial charge on any atom is -0.338 e. The molecule has 0 saturated carbocycles. The highest BCUT2D eigenvalue weighted by molar-refractivity contribution is 5.93. The summed E-state index contributed by atoms with van der Waals surface area (Å²) < 4.78 is 0. The van der Waals surface area contributed by atoms with Crippen LogP contribution in [0.2, 0.25) is 0 Å². The van der Waals surface area contributed by atoms with E-state index in [1.165, 1.54) is 12.3 Å². The zero-order chi connectivity index (χ0) is 13.0. The maximum atomic E-state index is 12.2. The second-order valence-electron chi connectivity index (χ2n) is 4.76. The molecular weight excluding hydrogens is 230 g/mol. The maximum Gasteiger partial charge on any atom is 0.255 e. The molecule has 1 fully saturated rings. The van der Waals surface area contributed by atoms with Crippen LogP contribution in [0.1, 0.15) is 23.2 Å². The van der Waals surface area contributed by atoms with Crippen molar-refractivity contribution in [3.05, 3.63) is 34.2 Å². The zero-order valence-electron chi connectivity index (χ0n) is 10.6. The molecule has 18 heavy (non-hydrogen) atoms. The fraction of sp³-hybridized carbons (Fsp3) is 0.538. The number of nitrogens with zero attached hydrogens (tertiary/aromatic N) is 1. The summed E-state index contributed by atoms with van der Waals surface area (Å²) in [5, 5.41) is 3.16. The van der Waals surface area contributed by atoms with E-state index in [1.807, 2.05) is 11.9 Å². The standard InChI is InChI=1S/C13H19N3O2/c1-14-7-10-3-2-6-16(9-10)13(18)11-4-5-12(17)15-8-11/h4-5,8,10,14H,2-3,6-7,9H2,1H3,(H,15,17). The molecule has 2 rings (SSSR count). The highest BCUT2D eigenvalue weighted by Gasteiger charge is 2.23. The number of rotatable bonds is 3. The van der Waals surface area contributed by atoms with Crippen LogP contribution >= 0.6 is 0 Å². The first kappa shape index (κ1) is 12.8. The third-order valence-corrected chi connectivity index (χ3v) is 3.33. The van der Waals surface area contributed by atoms with Gasteiger partial charge in [-0.3, -0.25) is 9.59 Å². The predicted molar refractivity (Wildman–Crippen MR) is 69.6 cm³/mol. The van der Waals surface area contributed by atoms with Crippen molar-refractivity contribution in [2.75, 3.05) is 26.7 Å². The molecule has 1 saturated heterocycles. The van der Waals surface area contributed by atoms with Crippen molar-refractivity contribution >= 4 is 5.91 Å². The maximum absolute atomic E-state index is 12.2. The molecule has 1 aliphatic rings. The molecule has 1 atom stereocenters. The van der Waals surface area contributed by atoms with Gasteiger partial charge in [0.2, 0.25) is 5.56 Å². The molecule has 0 aliphatic carbocycles. The van der Waals surface area contributed by atoms with Gasteiger partial charge in [-0.2, -0.15) is 0 Å². The van der Waals surface area contributed by atoms with Crippen molar-refractivity contribution in [3.8, 4) is 0 Å². The summed E-state index contributed by atoms with van der Waals surface area (Å²) in [6.07, 6.45) is 3.70. The number of pyridine rings is 1. The van der Waals surface area contributed by atoms with Gasteiger partial charge in [0.15, 0.2) is 0 Å². The monoisotopic (exact) mass is 249 g/mol. The number of hydrogen-bond acceptors (Lipinski definition) is 3. The SMILES string of the molecule is CNCC1CCCN(C(=O)c2ccc(=O)[nH]c2)C1. The zero-order valence-corrected chi connectivity index (χ0v) is 10.6. The Balaban J connectivity index is 2.04. The van der Waals surface area contributed by atoms with Gasteiger partial charge in [0.25, 0.3) is 5.91 Å². The van der Waals surface area contributed by atoms with Crippen LogP contribution in [0.4, 0.5) is 0 Å². The third-order valence-electron chi connectivity index (χ3n) is 3.33. The Hall–Kier alpha value is -1.62. The van der Waals surface area contributed by atoms with Crippen molar-refractivity contribution in [3.63, 3.8) is 0 Å². The lowest BCUT2D eigenvalue weighted by atomic mass is 9.97. The summed E-state index contributed by atoms with van der Waals surface area (Å²) in [6.45, 7) is 2.53. The Morgan fingerprint density at radius 3 is 3.06 bits per heavy atom. The molecule has 0 aromatic carbocycles. The van der Waals surface area contributed by atoms with E-state index in [1.54, 1.807) is 6.07 Å². The van der Waals surface area contributed by atoms with Crippen LogP contribution in [0.5, 0.6) is 0 Å². The smallest absolute Gasteiger partial charge is 0.255 e. The van der Waals surface area contributed by atoms with Crippen LogP contribution < -0.4 is 10.9 Å². The Morgan fingerprint density at radius 1 is 1.56 bits per heavy atom. The second kappa shape index (κ2) is 5.82. The van der Waals surface area contributed by atoms with Crippen LogP contribution in [0.3, 0.4) is 0 Å². The number of nitrogens with one attached hydrogen (secondary N) is 2. The minimum absolute atomic E-state index is 0.00653. The first-order chi connectivity index (χ1) is 8.70. The van der Waals surface area contributed by atoms with Crippen molar-refractivity contribution in [2.24, 2.45) is 5.92 Å². The van der Waals surface area contributed by atoms with Gasteiger partial charge >= 0.3 is 0 Å². The lowest BCUT2D eigenvalue weighted by Gasteiger charge is -2.32. The van der Waals surface area contributed by atoms with Gasteiger partial charge in [0.1, 0.15) is 0 Å². The van der Waals surface area contributed by atoms with E-state index in [9.17, 15) is 9.59 Å². The Morgan fingerprint density at radius 2 is 2.39 bits per heavy atom. The van der Waals surface area contributed by atoms with Gasteiger partial charge in [-0.25, -0.2) is 0 Å². The van der Waals surface area contributed by atoms with E-state index < -0.39 is 0 Å². The van der Waals surface area contributed by atoms with Crippen molar-refractivity contribution in [1.82, 2.24) is 15.2 Å². The van der Waals surface area contributed by atoms with Gasteiger partial charge in [-0.15, -0.1) is 0 Å². The molecule has 0 radical (unpaired) electrons. The molecule has 1 aliphatic heterocycles. The summed E-state index contributed by atoms with van der Waals surface area (Å²) in [5.74, 6) is 0.530. The molecule has 2 N–H and O–H groups in total. The molecule has 5 heteroatoms. The highest BCUT2D eigenvalue weighted by Crippen LogP contribution is 2.17. The molecule has 0 bridgehead atoms. The van der Waals surface area contributed by atoms with Crippen LogP contribution in [-0.4, -0.2) is 42.5 Å². The second-order valence-corrected chi connectivity index (χ2v) is 4.76. The van der Waals surface area contributed by atoms with Gasteiger partial charge in [0, 0.05) is 25.4 Å². The number of likely N-dealkylation sites (tertiary alicyclic amines) is 1. The summed E-state index contributed by atoms with van der Waals surface area (Å²) in [7, 11) is 1.93. The quantitative estimate of drug-likeness (QED) is 0.817. The van der Waals surface area contributed by atoms with Crippen molar-refractivity contribution < 1.29 is 4.79 Å². The Bertz CT molecular complexity index is 447. The average Bonchev–Trinajstić information content (AvgIpc) is 2.39. The van der Waals surface area contributed by atoms with Crippen LogP contribution in [0.25, 0.3) is 0 Å².